The summed E-state index contributed by atoms with van der Waals surface area (Å²) >= 11 is 0. The molecular formula is C20H20FN5. The van der Waals surface area contributed by atoms with Crippen molar-refractivity contribution < 1.29 is 4.39 Å². The minimum absolute atomic E-state index is 0.230. The Morgan fingerprint density at radius 2 is 1.69 bits per heavy atom. The zero-order valence-electron chi connectivity index (χ0n) is 14.8. The first kappa shape index (κ1) is 16.3. The molecular weight excluding hydrogens is 329 g/mol. The molecule has 0 fully saturated rings. The first-order valence-corrected chi connectivity index (χ1v) is 8.49. The molecule has 4 rings (SSSR count). The van der Waals surface area contributed by atoms with Crippen LogP contribution in [0.5, 0.6) is 0 Å². The summed E-state index contributed by atoms with van der Waals surface area (Å²) in [7, 11) is 4.06. The number of halogens is 1. The molecule has 6 heteroatoms. The predicted octanol–water partition coefficient (Wildman–Crippen LogP) is 3.60. The number of hydrogen-bond donors (Lipinski definition) is 1. The topological polar surface area (TPSA) is 49.7 Å². The highest BCUT2D eigenvalue weighted by Gasteiger charge is 2.09. The van der Waals surface area contributed by atoms with Crippen LogP contribution in [0.1, 0.15) is 17.0 Å². The molecule has 0 aliphatic carbocycles. The van der Waals surface area contributed by atoms with Crippen molar-refractivity contribution in [1.29, 1.82) is 0 Å². The molecule has 0 aliphatic rings. The van der Waals surface area contributed by atoms with Gasteiger partial charge < -0.3 is 9.88 Å². The van der Waals surface area contributed by atoms with Gasteiger partial charge in [0.25, 0.3) is 0 Å². The fourth-order valence-electron chi connectivity index (χ4n) is 2.94. The third-order valence-electron chi connectivity index (χ3n) is 4.34. The van der Waals surface area contributed by atoms with E-state index in [1.165, 1.54) is 23.4 Å². The van der Waals surface area contributed by atoms with Gasteiger partial charge in [0.05, 0.1) is 12.7 Å². The van der Waals surface area contributed by atoms with Crippen LogP contribution < -0.4 is 4.90 Å². The highest BCUT2D eigenvalue weighted by Crippen LogP contribution is 2.17. The van der Waals surface area contributed by atoms with Gasteiger partial charge in [-0.25, -0.2) is 9.37 Å². The maximum Gasteiger partial charge on any atom is 0.199 e. The Kier molecular flexibility index (Phi) is 4.16. The lowest BCUT2D eigenvalue weighted by atomic mass is 10.1. The molecule has 0 radical (unpaired) electrons. The molecule has 132 valence electrons. The lowest BCUT2D eigenvalue weighted by Crippen LogP contribution is -2.08. The van der Waals surface area contributed by atoms with E-state index < -0.39 is 0 Å². The van der Waals surface area contributed by atoms with Gasteiger partial charge in [-0.3, -0.25) is 4.68 Å². The van der Waals surface area contributed by atoms with Crippen molar-refractivity contribution in [2.24, 2.45) is 0 Å². The fraction of sp³-hybridized carbons (Fsp3) is 0.200. The monoisotopic (exact) mass is 349 g/mol. The standard InChI is InChI=1S/C20H20FN5/c1-25(2)17-9-5-14(6-10-17)11-19-22-18-13-26(24-20(18)23-19)12-15-3-7-16(21)8-4-15/h3-10,13H,11-12H2,1-2H3,(H,22,23,24). The van der Waals surface area contributed by atoms with Gasteiger partial charge in [-0.2, -0.15) is 5.10 Å². The number of hydrogen-bond acceptors (Lipinski definition) is 3. The molecule has 0 atom stereocenters. The summed E-state index contributed by atoms with van der Waals surface area (Å²) in [6.07, 6.45) is 2.67. The van der Waals surface area contributed by atoms with Gasteiger partial charge in [-0.05, 0) is 35.4 Å². The number of anilines is 1. The van der Waals surface area contributed by atoms with Crippen LogP contribution in [-0.2, 0) is 13.0 Å². The number of H-pyrrole nitrogens is 1. The minimum atomic E-state index is -0.230. The van der Waals surface area contributed by atoms with Crippen LogP contribution in [0.15, 0.2) is 54.7 Å². The van der Waals surface area contributed by atoms with Crippen LogP contribution in [-0.4, -0.2) is 33.8 Å². The van der Waals surface area contributed by atoms with E-state index in [1.807, 2.05) is 25.0 Å². The quantitative estimate of drug-likeness (QED) is 0.599. The summed E-state index contributed by atoms with van der Waals surface area (Å²) in [5.74, 6) is 0.667. The number of aromatic nitrogens is 4. The van der Waals surface area contributed by atoms with Gasteiger partial charge in [0.2, 0.25) is 0 Å². The SMILES string of the molecule is CN(C)c1ccc(Cc2nc3nn(Cc4ccc(F)cc4)cc3[nH]2)cc1. The van der Waals surface area contributed by atoms with E-state index in [0.29, 0.717) is 12.2 Å². The molecule has 0 spiro atoms. The molecule has 0 unspecified atom stereocenters. The van der Waals surface area contributed by atoms with Crippen LogP contribution in [0.3, 0.4) is 0 Å². The maximum atomic E-state index is 13.0. The Bertz CT molecular complexity index is 981. The van der Waals surface area contributed by atoms with E-state index in [-0.39, 0.29) is 5.82 Å². The minimum Gasteiger partial charge on any atom is -0.378 e. The van der Waals surface area contributed by atoms with Gasteiger partial charge >= 0.3 is 0 Å². The van der Waals surface area contributed by atoms with Crippen LogP contribution >= 0.6 is 0 Å². The smallest absolute Gasteiger partial charge is 0.199 e. The van der Waals surface area contributed by atoms with E-state index in [9.17, 15) is 4.39 Å². The summed E-state index contributed by atoms with van der Waals surface area (Å²) in [6.45, 7) is 0.589. The number of aromatic amines is 1. The van der Waals surface area contributed by atoms with Crippen molar-refractivity contribution in [3.63, 3.8) is 0 Å². The van der Waals surface area contributed by atoms with E-state index in [4.69, 9.17) is 0 Å². The molecule has 26 heavy (non-hydrogen) atoms. The number of nitrogens with zero attached hydrogens (tertiary/aromatic N) is 4. The Morgan fingerprint density at radius 1 is 1.00 bits per heavy atom. The average molecular weight is 349 g/mol. The molecule has 2 heterocycles. The second kappa shape index (κ2) is 6.63. The predicted molar refractivity (Wildman–Crippen MR) is 101 cm³/mol. The summed E-state index contributed by atoms with van der Waals surface area (Å²) in [5.41, 5.74) is 4.98. The second-order valence-electron chi connectivity index (χ2n) is 6.61. The fourth-order valence-corrected chi connectivity index (χ4v) is 2.94. The van der Waals surface area contributed by atoms with E-state index >= 15 is 0 Å². The third-order valence-corrected chi connectivity index (χ3v) is 4.34. The Balaban J connectivity index is 1.48. The van der Waals surface area contributed by atoms with Crippen LogP contribution in [0.2, 0.25) is 0 Å². The van der Waals surface area contributed by atoms with Gasteiger partial charge in [0, 0.05) is 26.2 Å². The van der Waals surface area contributed by atoms with Gasteiger partial charge in [0.15, 0.2) is 5.65 Å². The lowest BCUT2D eigenvalue weighted by Gasteiger charge is -2.12. The molecule has 5 nitrogen and oxygen atoms in total. The number of rotatable bonds is 5. The molecule has 0 bridgehead atoms. The molecule has 4 aromatic rings. The van der Waals surface area contributed by atoms with Crippen molar-refractivity contribution in [2.75, 3.05) is 19.0 Å². The zero-order valence-corrected chi connectivity index (χ0v) is 14.8. The van der Waals surface area contributed by atoms with Crippen molar-refractivity contribution in [3.05, 3.63) is 77.5 Å². The molecule has 1 N–H and O–H groups in total. The Labute approximate surface area is 151 Å². The van der Waals surface area contributed by atoms with Crippen molar-refractivity contribution in [2.45, 2.75) is 13.0 Å². The molecule has 2 aromatic carbocycles. The normalized spacial score (nSPS) is 11.2. The number of benzene rings is 2. The Morgan fingerprint density at radius 3 is 2.35 bits per heavy atom. The van der Waals surface area contributed by atoms with Crippen LogP contribution in [0, 0.1) is 5.82 Å². The highest BCUT2D eigenvalue weighted by atomic mass is 19.1. The molecule has 2 aromatic heterocycles. The third kappa shape index (κ3) is 3.44. The number of imidazole rings is 1. The number of fused-ring (bicyclic) bond motifs is 1. The van der Waals surface area contributed by atoms with E-state index in [1.54, 1.807) is 12.1 Å². The van der Waals surface area contributed by atoms with Crippen LogP contribution in [0.4, 0.5) is 10.1 Å². The maximum absolute atomic E-state index is 13.0. The largest absolute Gasteiger partial charge is 0.378 e. The van der Waals surface area contributed by atoms with Gasteiger partial charge in [0.1, 0.15) is 17.2 Å². The first-order valence-electron chi connectivity index (χ1n) is 8.49. The van der Waals surface area contributed by atoms with E-state index in [0.717, 1.165) is 23.3 Å². The molecule has 0 aliphatic heterocycles. The highest BCUT2D eigenvalue weighted by molar-refractivity contribution is 5.69. The molecule has 0 amide bonds. The van der Waals surface area contributed by atoms with E-state index in [2.05, 4.69) is 44.2 Å². The summed E-state index contributed by atoms with van der Waals surface area (Å²) in [4.78, 5) is 9.99. The van der Waals surface area contributed by atoms with Crippen molar-refractivity contribution in [1.82, 2.24) is 19.7 Å². The molecule has 0 saturated carbocycles. The van der Waals surface area contributed by atoms with Gasteiger partial charge in [-0.1, -0.05) is 24.3 Å². The summed E-state index contributed by atoms with van der Waals surface area (Å²) in [6, 6.07) is 14.9. The van der Waals surface area contributed by atoms with Gasteiger partial charge in [-0.15, -0.1) is 0 Å². The lowest BCUT2D eigenvalue weighted by molar-refractivity contribution is 0.624. The zero-order chi connectivity index (χ0) is 18.1. The average Bonchev–Trinajstić information content (AvgIpc) is 3.15. The summed E-state index contributed by atoms with van der Waals surface area (Å²) < 4.78 is 14.8. The van der Waals surface area contributed by atoms with Crippen molar-refractivity contribution in [3.8, 4) is 0 Å². The molecule has 0 saturated heterocycles. The summed E-state index contributed by atoms with van der Waals surface area (Å²) in [5, 5.41) is 4.50. The first-order chi connectivity index (χ1) is 12.6. The Hall–Kier alpha value is -3.15. The van der Waals surface area contributed by atoms with Crippen molar-refractivity contribution >= 4 is 16.9 Å². The number of nitrogens with one attached hydrogen (secondary N) is 1. The van der Waals surface area contributed by atoms with Crippen LogP contribution in [0.25, 0.3) is 11.2 Å². The second-order valence-corrected chi connectivity index (χ2v) is 6.61.